The average molecular weight is 456 g/mol. The molecule has 0 unspecified atom stereocenters. The second kappa shape index (κ2) is 12.5. The van der Waals surface area contributed by atoms with Crippen molar-refractivity contribution in [2.45, 2.75) is 13.8 Å². The number of thioether (sulfide) groups is 1. The van der Waals surface area contributed by atoms with Gasteiger partial charge in [-0.3, -0.25) is 14.6 Å². The zero-order valence-electron chi connectivity index (χ0n) is 18.1. The smallest absolute Gasteiger partial charge is 0.492 e. The van der Waals surface area contributed by atoms with Crippen molar-refractivity contribution in [2.75, 3.05) is 6.61 Å². The maximum atomic E-state index is 12.6. The minimum atomic E-state index is -0.833. The Morgan fingerprint density at radius 1 is 1.12 bits per heavy atom. The number of hydrogen-bond donors (Lipinski definition) is 2. The second-order valence-electron chi connectivity index (χ2n) is 6.40. The molecule has 2 N–H and O–H groups in total. The number of rotatable bonds is 4. The number of carbonyl (C=O) groups excluding carboxylic acids is 1. The van der Waals surface area contributed by atoms with Gasteiger partial charge in [0.15, 0.2) is 5.17 Å². The fraction of sp³-hybridized carbons (Fsp3) is 0.125. The standard InChI is InChI=1S/C22H17N2O2S.C2H4O2.Na/c1-2-26-19(17-13-12-15-8-6-7-9-16(15)14-17)20-21(25)24-22(27-20)23-18-10-4-3-5-11-18;1-2(3)4;/h4-14H,2H2,1H3,(H,23,24,25);1H3,(H,3,4);/q-1;;+1. The summed E-state index contributed by atoms with van der Waals surface area (Å²) < 4.78 is 5.87. The molecule has 6 nitrogen and oxygen atoms in total. The summed E-state index contributed by atoms with van der Waals surface area (Å²) in [6, 6.07) is 24.4. The van der Waals surface area contributed by atoms with Crippen molar-refractivity contribution in [1.82, 2.24) is 5.32 Å². The molecule has 1 amide bonds. The van der Waals surface area contributed by atoms with Crippen molar-refractivity contribution in [3.05, 3.63) is 83.3 Å². The molecule has 0 spiro atoms. The number of nitrogens with zero attached hydrogens (tertiary/aromatic N) is 1. The Balaban J connectivity index is 0.000000672. The minimum Gasteiger partial charge on any atom is -0.492 e. The molecule has 1 aliphatic heterocycles. The van der Waals surface area contributed by atoms with Gasteiger partial charge in [0.2, 0.25) is 0 Å². The van der Waals surface area contributed by atoms with E-state index in [1.807, 2.05) is 55.5 Å². The van der Waals surface area contributed by atoms with E-state index in [1.165, 1.54) is 11.8 Å². The van der Waals surface area contributed by atoms with Gasteiger partial charge < -0.3 is 15.2 Å². The van der Waals surface area contributed by atoms with E-state index in [0.29, 0.717) is 22.4 Å². The Bertz CT molecular complexity index is 1160. The van der Waals surface area contributed by atoms with Crippen LogP contribution >= 0.6 is 11.8 Å². The molecule has 1 aliphatic rings. The van der Waals surface area contributed by atoms with Gasteiger partial charge in [-0.05, 0) is 41.2 Å². The van der Waals surface area contributed by atoms with E-state index < -0.39 is 5.97 Å². The summed E-state index contributed by atoms with van der Waals surface area (Å²) in [5.74, 6) is -0.449. The Morgan fingerprint density at radius 2 is 1.78 bits per heavy atom. The number of benzene rings is 3. The van der Waals surface area contributed by atoms with E-state index in [-0.39, 0.29) is 35.5 Å². The quantitative estimate of drug-likeness (QED) is 0.271. The summed E-state index contributed by atoms with van der Waals surface area (Å²) in [6.07, 6.45) is 0. The number of nitrogens with one attached hydrogen (secondary N) is 1. The van der Waals surface area contributed by atoms with Crippen molar-refractivity contribution in [2.24, 2.45) is 4.99 Å². The van der Waals surface area contributed by atoms with Crippen molar-refractivity contribution in [1.29, 1.82) is 0 Å². The molecular formula is C24H21N2NaO4S. The van der Waals surface area contributed by atoms with E-state index in [4.69, 9.17) is 14.6 Å². The molecule has 32 heavy (non-hydrogen) atoms. The third kappa shape index (κ3) is 6.97. The molecule has 0 bridgehead atoms. The van der Waals surface area contributed by atoms with E-state index >= 15 is 0 Å². The van der Waals surface area contributed by atoms with Gasteiger partial charge >= 0.3 is 29.6 Å². The summed E-state index contributed by atoms with van der Waals surface area (Å²) in [7, 11) is 0. The number of carbonyl (C=O) groups is 2. The molecule has 0 aromatic heterocycles. The van der Waals surface area contributed by atoms with Crippen LogP contribution in [0.2, 0.25) is 0 Å². The number of carboxylic acid groups (broad SMARTS) is 1. The van der Waals surface area contributed by atoms with Crippen LogP contribution in [0.3, 0.4) is 0 Å². The van der Waals surface area contributed by atoms with Crippen LogP contribution in [0.25, 0.3) is 16.5 Å². The van der Waals surface area contributed by atoms with Gasteiger partial charge in [-0.1, -0.05) is 36.4 Å². The predicted octanol–water partition coefficient (Wildman–Crippen LogP) is 1.99. The Kier molecular flexibility index (Phi) is 9.99. The number of ether oxygens (including phenoxy) is 1. The maximum absolute atomic E-state index is 12.6. The molecule has 0 aliphatic carbocycles. The summed E-state index contributed by atoms with van der Waals surface area (Å²) in [6.45, 7) is 3.47. The normalized spacial score (nSPS) is 15.3. The molecule has 1 saturated heterocycles. The van der Waals surface area contributed by atoms with Gasteiger partial charge in [0, 0.05) is 12.5 Å². The summed E-state index contributed by atoms with van der Waals surface area (Å²) in [5, 5.41) is 13.0. The van der Waals surface area contributed by atoms with Gasteiger partial charge in [0.05, 0.1) is 6.61 Å². The fourth-order valence-corrected chi connectivity index (χ4v) is 3.75. The van der Waals surface area contributed by atoms with Crippen LogP contribution in [0, 0.1) is 6.07 Å². The van der Waals surface area contributed by atoms with Gasteiger partial charge in [-0.15, -0.1) is 12.1 Å². The Labute approximate surface area is 213 Å². The molecule has 3 aromatic carbocycles. The van der Waals surface area contributed by atoms with Crippen molar-refractivity contribution < 1.29 is 49.0 Å². The largest absolute Gasteiger partial charge is 1.00 e. The molecule has 8 heteroatoms. The zero-order chi connectivity index (χ0) is 22.2. The SMILES string of the molecule is CC(=O)O.CCOC(=C1SC(=Nc2cc[c-]cc2)NC1=O)c1ccc2ccccc2c1.[Na+]. The molecule has 0 radical (unpaired) electrons. The molecule has 4 rings (SSSR count). The number of fused-ring (bicyclic) bond motifs is 1. The van der Waals surface area contributed by atoms with Crippen LogP contribution in [0.15, 0.2) is 76.6 Å². The maximum Gasteiger partial charge on any atom is 1.00 e. The first-order valence-corrected chi connectivity index (χ1v) is 10.4. The predicted molar refractivity (Wildman–Crippen MR) is 124 cm³/mol. The summed E-state index contributed by atoms with van der Waals surface area (Å²) >= 11 is 1.30. The monoisotopic (exact) mass is 456 g/mol. The van der Waals surface area contributed by atoms with Gasteiger partial charge in [-0.2, -0.15) is 18.2 Å². The number of aliphatic imine (C=N–C) groups is 1. The Morgan fingerprint density at radius 3 is 2.44 bits per heavy atom. The van der Waals surface area contributed by atoms with Crippen LogP contribution in [0.5, 0.6) is 0 Å². The molecule has 0 saturated carbocycles. The topological polar surface area (TPSA) is 88.0 Å². The van der Waals surface area contributed by atoms with E-state index in [2.05, 4.69) is 22.4 Å². The second-order valence-corrected chi connectivity index (χ2v) is 7.40. The van der Waals surface area contributed by atoms with Crippen molar-refractivity contribution in [3.63, 3.8) is 0 Å². The number of aliphatic carboxylic acids is 1. The van der Waals surface area contributed by atoms with Crippen LogP contribution in [-0.4, -0.2) is 28.8 Å². The van der Waals surface area contributed by atoms with Crippen LogP contribution < -0.4 is 34.9 Å². The van der Waals surface area contributed by atoms with Crippen LogP contribution in [0.4, 0.5) is 5.69 Å². The molecule has 1 fully saturated rings. The summed E-state index contributed by atoms with van der Waals surface area (Å²) in [5.41, 5.74) is 1.64. The van der Waals surface area contributed by atoms with Crippen LogP contribution in [-0.2, 0) is 14.3 Å². The number of carboxylic acids is 1. The first-order chi connectivity index (χ1) is 15.0. The van der Waals surface area contributed by atoms with Gasteiger partial charge in [-0.25, -0.2) is 0 Å². The third-order valence-electron chi connectivity index (χ3n) is 4.06. The van der Waals surface area contributed by atoms with Gasteiger partial charge in [0.25, 0.3) is 11.9 Å². The Hall–Kier alpha value is -2.58. The summed E-state index contributed by atoms with van der Waals surface area (Å²) in [4.78, 5) is 26.6. The van der Waals surface area contributed by atoms with Crippen molar-refractivity contribution in [3.8, 4) is 0 Å². The number of amides is 1. The molecule has 1 heterocycles. The molecule has 158 valence electrons. The third-order valence-corrected chi connectivity index (χ3v) is 5.02. The number of hydrogen-bond acceptors (Lipinski definition) is 5. The molecule has 3 aromatic rings. The zero-order valence-corrected chi connectivity index (χ0v) is 20.9. The molecular weight excluding hydrogens is 435 g/mol. The first kappa shape index (κ1) is 25.7. The van der Waals surface area contributed by atoms with E-state index in [0.717, 1.165) is 28.9 Å². The fourth-order valence-electron chi connectivity index (χ4n) is 2.85. The van der Waals surface area contributed by atoms with Crippen molar-refractivity contribution >= 4 is 51.0 Å². The van der Waals surface area contributed by atoms with Gasteiger partial charge in [0.1, 0.15) is 10.7 Å². The molecule has 0 atom stereocenters. The first-order valence-electron chi connectivity index (χ1n) is 9.57. The minimum absolute atomic E-state index is 0. The average Bonchev–Trinajstić information content (AvgIpc) is 3.11. The number of amidine groups is 1. The van der Waals surface area contributed by atoms with Crippen LogP contribution in [0.1, 0.15) is 19.4 Å². The van der Waals surface area contributed by atoms with E-state index in [1.54, 1.807) is 12.1 Å². The van der Waals surface area contributed by atoms with E-state index in [9.17, 15) is 4.79 Å².